The number of rotatable bonds is 6. The normalized spacial score (nSPS) is 24.1. The van der Waals surface area contributed by atoms with Gasteiger partial charge in [-0.3, -0.25) is 4.68 Å². The van der Waals surface area contributed by atoms with E-state index in [0.29, 0.717) is 12.6 Å². The summed E-state index contributed by atoms with van der Waals surface area (Å²) in [5, 5.41) is 7.74. The highest BCUT2D eigenvalue weighted by molar-refractivity contribution is 5.11. The van der Waals surface area contributed by atoms with Crippen LogP contribution in [0.4, 0.5) is 0 Å². The van der Waals surface area contributed by atoms with E-state index in [4.69, 9.17) is 4.74 Å². The molecule has 4 nitrogen and oxygen atoms in total. The van der Waals surface area contributed by atoms with Gasteiger partial charge in [0, 0.05) is 12.6 Å². The Morgan fingerprint density at radius 2 is 2.41 bits per heavy atom. The molecular formula is C13H23N3O. The minimum Gasteiger partial charge on any atom is -0.491 e. The van der Waals surface area contributed by atoms with Gasteiger partial charge in [-0.2, -0.15) is 5.10 Å². The Labute approximate surface area is 103 Å². The zero-order chi connectivity index (χ0) is 12.1. The van der Waals surface area contributed by atoms with E-state index < -0.39 is 0 Å². The molecule has 17 heavy (non-hydrogen) atoms. The zero-order valence-corrected chi connectivity index (χ0v) is 10.9. The Morgan fingerprint density at radius 1 is 1.53 bits per heavy atom. The van der Waals surface area contributed by atoms with Crippen molar-refractivity contribution in [1.29, 1.82) is 0 Å². The Kier molecular flexibility index (Phi) is 4.42. The van der Waals surface area contributed by atoms with Gasteiger partial charge in [-0.25, -0.2) is 0 Å². The van der Waals surface area contributed by atoms with Crippen molar-refractivity contribution in [3.05, 3.63) is 12.4 Å². The fourth-order valence-corrected chi connectivity index (χ4v) is 2.77. The molecule has 0 saturated heterocycles. The highest BCUT2D eigenvalue weighted by atomic mass is 16.5. The maximum atomic E-state index is 5.40. The average molecular weight is 237 g/mol. The highest BCUT2D eigenvalue weighted by Gasteiger charge is 2.25. The van der Waals surface area contributed by atoms with E-state index in [0.717, 1.165) is 18.2 Å². The van der Waals surface area contributed by atoms with Gasteiger partial charge >= 0.3 is 0 Å². The summed E-state index contributed by atoms with van der Waals surface area (Å²) in [6, 6.07) is 0.705. The second kappa shape index (κ2) is 6.05. The smallest absolute Gasteiger partial charge is 0.157 e. The van der Waals surface area contributed by atoms with E-state index in [2.05, 4.69) is 17.5 Å². The summed E-state index contributed by atoms with van der Waals surface area (Å²) in [4.78, 5) is 0. The maximum Gasteiger partial charge on any atom is 0.157 e. The fourth-order valence-electron chi connectivity index (χ4n) is 2.77. The fraction of sp³-hybridized carbons (Fsp3) is 0.769. The Balaban J connectivity index is 1.80. The summed E-state index contributed by atoms with van der Waals surface area (Å²) in [5.41, 5.74) is 0. The molecule has 1 aromatic rings. The molecule has 96 valence electrons. The molecule has 0 aliphatic heterocycles. The Hall–Kier alpha value is -1.03. The topological polar surface area (TPSA) is 39.1 Å². The molecule has 1 heterocycles. The summed E-state index contributed by atoms with van der Waals surface area (Å²) in [6.07, 6.45) is 9.04. The van der Waals surface area contributed by atoms with Crippen molar-refractivity contribution in [2.75, 3.05) is 13.7 Å². The molecule has 2 unspecified atom stereocenters. The monoisotopic (exact) mass is 237 g/mol. The molecular weight excluding hydrogens is 214 g/mol. The van der Waals surface area contributed by atoms with E-state index in [1.54, 1.807) is 6.20 Å². The molecule has 1 aliphatic rings. The van der Waals surface area contributed by atoms with Crippen molar-refractivity contribution in [3.63, 3.8) is 0 Å². The number of nitrogens with one attached hydrogen (secondary N) is 1. The van der Waals surface area contributed by atoms with Gasteiger partial charge in [0.05, 0.1) is 19.0 Å². The number of hydrogen-bond acceptors (Lipinski definition) is 3. The van der Waals surface area contributed by atoms with Gasteiger partial charge in [-0.15, -0.1) is 0 Å². The number of hydrogen-bond donors (Lipinski definition) is 1. The molecule has 1 aromatic heterocycles. The molecule has 4 heteroatoms. The third-order valence-corrected chi connectivity index (χ3v) is 3.68. The van der Waals surface area contributed by atoms with Crippen LogP contribution in [0.3, 0.4) is 0 Å². The van der Waals surface area contributed by atoms with Crippen LogP contribution >= 0.6 is 0 Å². The first-order valence-corrected chi connectivity index (χ1v) is 6.66. The van der Waals surface area contributed by atoms with E-state index in [1.807, 2.05) is 17.8 Å². The first-order valence-electron chi connectivity index (χ1n) is 6.66. The molecule has 1 fully saturated rings. The van der Waals surface area contributed by atoms with Crippen molar-refractivity contribution in [1.82, 2.24) is 15.1 Å². The summed E-state index contributed by atoms with van der Waals surface area (Å²) in [5.74, 6) is 1.68. The predicted molar refractivity (Wildman–Crippen MR) is 68.2 cm³/mol. The zero-order valence-electron chi connectivity index (χ0n) is 10.9. The maximum absolute atomic E-state index is 5.40. The molecule has 1 saturated carbocycles. The molecule has 1 N–H and O–H groups in total. The Bertz CT molecular complexity index is 337. The molecule has 0 radical (unpaired) electrons. The van der Waals surface area contributed by atoms with Crippen LogP contribution < -0.4 is 10.1 Å². The lowest BCUT2D eigenvalue weighted by Gasteiger charge is -2.18. The van der Waals surface area contributed by atoms with Gasteiger partial charge < -0.3 is 10.1 Å². The minimum atomic E-state index is 0.705. The molecule has 1 aliphatic carbocycles. The van der Waals surface area contributed by atoms with Gasteiger partial charge in [-0.05, 0) is 39.2 Å². The molecule has 2 rings (SSSR count). The Morgan fingerprint density at radius 3 is 3.18 bits per heavy atom. The van der Waals surface area contributed by atoms with Crippen LogP contribution in [0, 0.1) is 5.92 Å². The third kappa shape index (κ3) is 3.22. The molecule has 0 amide bonds. The van der Waals surface area contributed by atoms with Crippen molar-refractivity contribution in [2.45, 2.75) is 45.2 Å². The van der Waals surface area contributed by atoms with Crippen molar-refractivity contribution in [2.24, 2.45) is 5.92 Å². The molecule has 2 atom stereocenters. The predicted octanol–water partition coefficient (Wildman–Crippen LogP) is 2.06. The molecule has 0 bridgehead atoms. The summed E-state index contributed by atoms with van der Waals surface area (Å²) in [7, 11) is 2.07. The number of ether oxygens (including phenoxy) is 1. The van der Waals surface area contributed by atoms with E-state index >= 15 is 0 Å². The van der Waals surface area contributed by atoms with Crippen LogP contribution in [0.2, 0.25) is 0 Å². The van der Waals surface area contributed by atoms with E-state index in [1.165, 1.54) is 25.7 Å². The SMILES string of the molecule is CCOc1cnn(CCC2CCCC2NC)c1. The summed E-state index contributed by atoms with van der Waals surface area (Å²) < 4.78 is 7.40. The molecule has 0 spiro atoms. The van der Waals surface area contributed by atoms with Crippen LogP contribution in [0.15, 0.2) is 12.4 Å². The van der Waals surface area contributed by atoms with Crippen LogP contribution in [0.1, 0.15) is 32.6 Å². The first-order chi connectivity index (χ1) is 8.33. The van der Waals surface area contributed by atoms with Gasteiger partial charge in [0.15, 0.2) is 5.75 Å². The highest BCUT2D eigenvalue weighted by Crippen LogP contribution is 2.28. The van der Waals surface area contributed by atoms with Crippen LogP contribution in [-0.4, -0.2) is 29.5 Å². The quantitative estimate of drug-likeness (QED) is 0.823. The van der Waals surface area contributed by atoms with Crippen molar-refractivity contribution >= 4 is 0 Å². The van der Waals surface area contributed by atoms with Crippen LogP contribution in [0.5, 0.6) is 5.75 Å². The van der Waals surface area contributed by atoms with Crippen LogP contribution in [0.25, 0.3) is 0 Å². The second-order valence-electron chi connectivity index (χ2n) is 4.75. The lowest BCUT2D eigenvalue weighted by Crippen LogP contribution is -2.29. The second-order valence-corrected chi connectivity index (χ2v) is 4.75. The average Bonchev–Trinajstić information content (AvgIpc) is 2.95. The van der Waals surface area contributed by atoms with Gasteiger partial charge in [-0.1, -0.05) is 6.42 Å². The van der Waals surface area contributed by atoms with Gasteiger partial charge in [0.1, 0.15) is 0 Å². The van der Waals surface area contributed by atoms with Crippen molar-refractivity contribution in [3.8, 4) is 5.75 Å². The summed E-state index contributed by atoms with van der Waals surface area (Å²) in [6.45, 7) is 3.69. The van der Waals surface area contributed by atoms with E-state index in [-0.39, 0.29) is 0 Å². The van der Waals surface area contributed by atoms with E-state index in [9.17, 15) is 0 Å². The summed E-state index contributed by atoms with van der Waals surface area (Å²) >= 11 is 0. The molecule has 0 aromatic carbocycles. The number of aromatic nitrogens is 2. The minimum absolute atomic E-state index is 0.705. The largest absolute Gasteiger partial charge is 0.491 e. The van der Waals surface area contributed by atoms with Crippen LogP contribution in [-0.2, 0) is 6.54 Å². The van der Waals surface area contributed by atoms with Crippen molar-refractivity contribution < 1.29 is 4.74 Å². The lowest BCUT2D eigenvalue weighted by molar-refractivity contribution is 0.338. The standard InChI is InChI=1S/C13H23N3O/c1-3-17-12-9-15-16(10-12)8-7-11-5-4-6-13(11)14-2/h9-11,13-14H,3-8H2,1-2H3. The van der Waals surface area contributed by atoms with Gasteiger partial charge in [0.2, 0.25) is 0 Å². The number of aryl methyl sites for hydroxylation is 1. The van der Waals surface area contributed by atoms with Gasteiger partial charge in [0.25, 0.3) is 0 Å². The number of nitrogens with zero attached hydrogens (tertiary/aromatic N) is 2. The third-order valence-electron chi connectivity index (χ3n) is 3.68. The lowest BCUT2D eigenvalue weighted by atomic mass is 10.00. The first kappa shape index (κ1) is 12.4.